The fraction of sp³-hybridized carbons (Fsp3) is 0.167. The molecule has 114 valence electrons. The van der Waals surface area contributed by atoms with Crippen LogP contribution in [0.5, 0.6) is 0 Å². The van der Waals surface area contributed by atoms with Gasteiger partial charge in [-0.25, -0.2) is 0 Å². The number of hydrogen-bond donors (Lipinski definition) is 1. The van der Waals surface area contributed by atoms with Crippen LogP contribution in [0.25, 0.3) is 5.70 Å². The van der Waals surface area contributed by atoms with E-state index in [0.29, 0.717) is 5.95 Å². The summed E-state index contributed by atoms with van der Waals surface area (Å²) in [5.74, 6) is 0.663. The number of allylic oxidation sites excluding steroid dienone is 1. The van der Waals surface area contributed by atoms with Crippen molar-refractivity contribution >= 4 is 11.6 Å². The third-order valence-electron chi connectivity index (χ3n) is 4.14. The lowest BCUT2D eigenvalue weighted by atomic mass is 10.00. The SMILES string of the molecule is CCc1ccc(C2C=C(c3ccccc3)Nc3nnnn32)cc1. The number of aryl methyl sites for hydroxylation is 1. The molecule has 0 fully saturated rings. The molecule has 5 heteroatoms. The summed E-state index contributed by atoms with van der Waals surface area (Å²) in [5.41, 5.74) is 4.65. The second kappa shape index (κ2) is 5.68. The summed E-state index contributed by atoms with van der Waals surface area (Å²) in [6.45, 7) is 2.16. The summed E-state index contributed by atoms with van der Waals surface area (Å²) in [6, 6.07) is 18.8. The fourth-order valence-electron chi connectivity index (χ4n) is 2.83. The van der Waals surface area contributed by atoms with Crippen LogP contribution in [0.4, 0.5) is 5.95 Å². The molecule has 0 spiro atoms. The fourth-order valence-corrected chi connectivity index (χ4v) is 2.83. The highest BCUT2D eigenvalue weighted by molar-refractivity contribution is 5.76. The number of rotatable bonds is 3. The summed E-state index contributed by atoms with van der Waals surface area (Å²) >= 11 is 0. The van der Waals surface area contributed by atoms with E-state index >= 15 is 0 Å². The van der Waals surface area contributed by atoms with Crippen LogP contribution in [-0.2, 0) is 6.42 Å². The van der Waals surface area contributed by atoms with E-state index in [2.05, 4.69) is 70.2 Å². The number of anilines is 1. The number of nitrogens with one attached hydrogen (secondary N) is 1. The number of aromatic nitrogens is 4. The minimum atomic E-state index is -0.0117. The maximum atomic E-state index is 4.13. The number of fused-ring (bicyclic) bond motifs is 1. The molecular weight excluding hydrogens is 286 g/mol. The van der Waals surface area contributed by atoms with Crippen LogP contribution in [0.15, 0.2) is 60.7 Å². The lowest BCUT2D eigenvalue weighted by Gasteiger charge is -2.23. The molecule has 0 aliphatic carbocycles. The second-order valence-electron chi connectivity index (χ2n) is 5.56. The van der Waals surface area contributed by atoms with Crippen LogP contribution in [0, 0.1) is 0 Å². The van der Waals surface area contributed by atoms with Crippen LogP contribution in [0.3, 0.4) is 0 Å². The first-order valence-corrected chi connectivity index (χ1v) is 7.76. The highest BCUT2D eigenvalue weighted by Crippen LogP contribution is 2.31. The second-order valence-corrected chi connectivity index (χ2v) is 5.56. The minimum absolute atomic E-state index is 0.0117. The Bertz CT molecular complexity index is 833. The van der Waals surface area contributed by atoms with Gasteiger partial charge in [0.25, 0.3) is 0 Å². The Morgan fingerprint density at radius 2 is 1.83 bits per heavy atom. The molecule has 3 aromatic rings. The Labute approximate surface area is 134 Å². The van der Waals surface area contributed by atoms with Gasteiger partial charge in [-0.15, -0.1) is 0 Å². The van der Waals surface area contributed by atoms with Gasteiger partial charge in [0.1, 0.15) is 6.04 Å². The van der Waals surface area contributed by atoms with E-state index in [4.69, 9.17) is 0 Å². The van der Waals surface area contributed by atoms with Gasteiger partial charge in [0.2, 0.25) is 5.95 Å². The molecule has 1 aliphatic heterocycles. The van der Waals surface area contributed by atoms with E-state index < -0.39 is 0 Å². The first-order valence-electron chi connectivity index (χ1n) is 7.76. The Morgan fingerprint density at radius 1 is 1.04 bits per heavy atom. The molecular formula is C18H17N5. The topological polar surface area (TPSA) is 55.6 Å². The lowest BCUT2D eigenvalue weighted by Crippen LogP contribution is -2.20. The maximum Gasteiger partial charge on any atom is 0.248 e. The quantitative estimate of drug-likeness (QED) is 0.806. The number of nitrogens with zero attached hydrogens (tertiary/aromatic N) is 4. The van der Waals surface area contributed by atoms with E-state index in [0.717, 1.165) is 17.7 Å². The number of hydrogen-bond acceptors (Lipinski definition) is 4. The largest absolute Gasteiger partial charge is 0.323 e. The molecule has 5 nitrogen and oxygen atoms in total. The smallest absolute Gasteiger partial charge is 0.248 e. The maximum absolute atomic E-state index is 4.13. The predicted molar refractivity (Wildman–Crippen MR) is 89.8 cm³/mol. The van der Waals surface area contributed by atoms with Crippen molar-refractivity contribution in [1.82, 2.24) is 20.2 Å². The van der Waals surface area contributed by atoms with Gasteiger partial charge < -0.3 is 5.32 Å². The van der Waals surface area contributed by atoms with Gasteiger partial charge in [0.05, 0.1) is 0 Å². The molecule has 1 aliphatic rings. The van der Waals surface area contributed by atoms with E-state index in [1.165, 1.54) is 11.1 Å². The Morgan fingerprint density at radius 3 is 2.57 bits per heavy atom. The zero-order chi connectivity index (χ0) is 15.6. The van der Waals surface area contributed by atoms with E-state index in [9.17, 15) is 0 Å². The van der Waals surface area contributed by atoms with E-state index in [1.807, 2.05) is 22.9 Å². The molecule has 4 rings (SSSR count). The molecule has 0 bridgehead atoms. The van der Waals surface area contributed by atoms with E-state index in [-0.39, 0.29) is 6.04 Å². The zero-order valence-corrected chi connectivity index (χ0v) is 12.8. The van der Waals surface area contributed by atoms with Crippen molar-refractivity contribution in [3.8, 4) is 0 Å². The van der Waals surface area contributed by atoms with Gasteiger partial charge >= 0.3 is 0 Å². The molecule has 23 heavy (non-hydrogen) atoms. The van der Waals surface area contributed by atoms with Crippen LogP contribution in [-0.4, -0.2) is 20.2 Å². The van der Waals surface area contributed by atoms with Gasteiger partial charge in [-0.1, -0.05) is 66.6 Å². The number of benzene rings is 2. The summed E-state index contributed by atoms with van der Waals surface area (Å²) in [6.07, 6.45) is 3.20. The minimum Gasteiger partial charge on any atom is -0.323 e. The molecule has 1 atom stereocenters. The van der Waals surface area contributed by atoms with Crippen molar-refractivity contribution in [2.45, 2.75) is 19.4 Å². The van der Waals surface area contributed by atoms with Crippen LogP contribution < -0.4 is 5.32 Å². The van der Waals surface area contributed by atoms with E-state index in [1.54, 1.807) is 0 Å². The first kappa shape index (κ1) is 13.7. The summed E-state index contributed by atoms with van der Waals surface area (Å²) in [4.78, 5) is 0. The van der Waals surface area contributed by atoms with Crippen molar-refractivity contribution in [2.24, 2.45) is 0 Å². The monoisotopic (exact) mass is 303 g/mol. The highest BCUT2D eigenvalue weighted by Gasteiger charge is 2.24. The summed E-state index contributed by atoms with van der Waals surface area (Å²) in [5, 5.41) is 15.3. The van der Waals surface area contributed by atoms with Gasteiger partial charge in [-0.3, -0.25) is 0 Å². The Hall–Kier alpha value is -2.95. The third-order valence-corrected chi connectivity index (χ3v) is 4.14. The molecule has 1 aromatic heterocycles. The normalized spacial score (nSPS) is 16.4. The summed E-state index contributed by atoms with van der Waals surface area (Å²) < 4.78 is 1.81. The molecule has 0 radical (unpaired) electrons. The zero-order valence-electron chi connectivity index (χ0n) is 12.8. The van der Waals surface area contributed by atoms with Gasteiger partial charge in [-0.05, 0) is 39.6 Å². The van der Waals surface area contributed by atoms with Crippen LogP contribution >= 0.6 is 0 Å². The average molecular weight is 303 g/mol. The van der Waals surface area contributed by atoms with Crippen molar-refractivity contribution in [3.63, 3.8) is 0 Å². The summed E-state index contributed by atoms with van der Waals surface area (Å²) in [7, 11) is 0. The van der Waals surface area contributed by atoms with Crippen LogP contribution in [0.1, 0.15) is 29.7 Å². The molecule has 2 heterocycles. The Balaban J connectivity index is 1.78. The van der Waals surface area contributed by atoms with Crippen molar-refractivity contribution in [2.75, 3.05) is 5.32 Å². The molecule has 0 saturated heterocycles. The molecule has 1 N–H and O–H groups in total. The molecule has 2 aromatic carbocycles. The first-order chi connectivity index (χ1) is 11.3. The van der Waals surface area contributed by atoms with Crippen molar-refractivity contribution < 1.29 is 0 Å². The van der Waals surface area contributed by atoms with Gasteiger partial charge in [0.15, 0.2) is 0 Å². The van der Waals surface area contributed by atoms with Gasteiger partial charge in [-0.2, -0.15) is 4.68 Å². The molecule has 0 amide bonds. The number of tetrazole rings is 1. The third kappa shape index (κ3) is 2.50. The van der Waals surface area contributed by atoms with Crippen LogP contribution in [0.2, 0.25) is 0 Å². The van der Waals surface area contributed by atoms with Crippen molar-refractivity contribution in [1.29, 1.82) is 0 Å². The lowest BCUT2D eigenvalue weighted by molar-refractivity contribution is 0.585. The van der Waals surface area contributed by atoms with Crippen molar-refractivity contribution in [3.05, 3.63) is 77.4 Å². The standard InChI is InChI=1S/C18H17N5/c1-2-13-8-10-15(11-9-13)17-12-16(14-6-4-3-5-7-14)19-18-20-21-22-23(17)18/h3-12,17H,2H2,1H3,(H,19,20,22). The average Bonchev–Trinajstić information content (AvgIpc) is 3.10. The molecule has 0 saturated carbocycles. The highest BCUT2D eigenvalue weighted by atomic mass is 15.6. The Kier molecular flexibility index (Phi) is 3.38. The predicted octanol–water partition coefficient (Wildman–Crippen LogP) is 3.29. The molecule has 1 unspecified atom stereocenters. The van der Waals surface area contributed by atoms with Gasteiger partial charge in [0, 0.05) is 5.70 Å².